The molecule has 0 aliphatic carbocycles. The molecular weight excluding hydrogens is 379 g/mol. The molecule has 2 unspecified atom stereocenters. The van der Waals surface area contributed by atoms with Crippen molar-refractivity contribution in [1.29, 1.82) is 0 Å². The number of nitrogens with one attached hydrogen (secondary N) is 2. The number of rotatable bonds is 6. The monoisotopic (exact) mass is 405 g/mol. The molecule has 8 heteroatoms. The Balaban J connectivity index is 1.62. The second kappa shape index (κ2) is 9.62. The lowest BCUT2D eigenvalue weighted by Gasteiger charge is -2.20. The molecule has 1 aromatic heterocycles. The molecule has 1 aromatic carbocycles. The van der Waals surface area contributed by atoms with Gasteiger partial charge in [-0.1, -0.05) is 13.0 Å². The fourth-order valence-electron chi connectivity index (χ4n) is 3.42. The summed E-state index contributed by atoms with van der Waals surface area (Å²) in [5.41, 5.74) is 0.434. The molecular formula is C21H26F3N5. The molecule has 2 N–H and O–H groups in total. The molecule has 3 rings (SSSR count). The number of pyridine rings is 1. The minimum atomic E-state index is -0.591. The zero-order chi connectivity index (χ0) is 20.8. The minimum Gasteiger partial charge on any atom is -0.357 e. The van der Waals surface area contributed by atoms with E-state index in [9.17, 15) is 13.2 Å². The number of nitrogens with zero attached hydrogens (tertiary/aromatic N) is 3. The maximum absolute atomic E-state index is 14.0. The Labute approximate surface area is 169 Å². The highest BCUT2D eigenvalue weighted by atomic mass is 19.1. The summed E-state index contributed by atoms with van der Waals surface area (Å²) in [7, 11) is 0. The largest absolute Gasteiger partial charge is 0.357 e. The quantitative estimate of drug-likeness (QED) is 0.571. The highest BCUT2D eigenvalue weighted by Crippen LogP contribution is 2.22. The average Bonchev–Trinajstić information content (AvgIpc) is 3.14. The maximum atomic E-state index is 14.0. The SMILES string of the molecule is CCNC(=NCC(C)c1ccc(F)cc1F)NC1CCN(c2ncccc2F)C1. The summed E-state index contributed by atoms with van der Waals surface area (Å²) in [5.74, 6) is -0.700. The van der Waals surface area contributed by atoms with Gasteiger partial charge in [-0.3, -0.25) is 4.99 Å². The summed E-state index contributed by atoms with van der Waals surface area (Å²) in [6.07, 6.45) is 2.41. The van der Waals surface area contributed by atoms with Crippen LogP contribution in [0.2, 0.25) is 0 Å². The molecule has 29 heavy (non-hydrogen) atoms. The standard InChI is InChI=1S/C21H26F3N5/c1-3-25-21(27-12-14(2)17-7-6-15(22)11-19(17)24)28-16-8-10-29(13-16)20-18(23)5-4-9-26-20/h4-7,9,11,14,16H,3,8,10,12-13H2,1-2H3,(H2,25,27,28). The van der Waals surface area contributed by atoms with Crippen LogP contribution in [0.3, 0.4) is 0 Å². The summed E-state index contributed by atoms with van der Waals surface area (Å²) in [6.45, 7) is 6.15. The van der Waals surface area contributed by atoms with Gasteiger partial charge in [-0.2, -0.15) is 0 Å². The first-order valence-electron chi connectivity index (χ1n) is 9.83. The summed E-state index contributed by atoms with van der Waals surface area (Å²) in [5, 5.41) is 6.54. The van der Waals surface area contributed by atoms with E-state index in [1.165, 1.54) is 18.2 Å². The van der Waals surface area contributed by atoms with Crippen molar-refractivity contribution in [3.8, 4) is 0 Å². The van der Waals surface area contributed by atoms with Crippen molar-refractivity contribution < 1.29 is 13.2 Å². The molecule has 0 radical (unpaired) electrons. The topological polar surface area (TPSA) is 52.6 Å². The summed E-state index contributed by atoms with van der Waals surface area (Å²) in [6, 6.07) is 6.68. The Kier molecular flexibility index (Phi) is 6.95. The molecule has 1 fully saturated rings. The Hall–Kier alpha value is -2.77. The smallest absolute Gasteiger partial charge is 0.191 e. The molecule has 1 aliphatic rings. The number of hydrogen-bond donors (Lipinski definition) is 2. The first kappa shape index (κ1) is 21.0. The molecule has 0 bridgehead atoms. The molecule has 0 spiro atoms. The third-order valence-corrected chi connectivity index (χ3v) is 4.93. The predicted octanol–water partition coefficient (Wildman–Crippen LogP) is 3.44. The van der Waals surface area contributed by atoms with E-state index in [-0.39, 0.29) is 17.8 Å². The van der Waals surface area contributed by atoms with Crippen molar-refractivity contribution >= 4 is 11.8 Å². The Morgan fingerprint density at radius 2 is 2.10 bits per heavy atom. The normalized spacial score (nSPS) is 18.0. The second-order valence-corrected chi connectivity index (χ2v) is 7.17. The van der Waals surface area contributed by atoms with E-state index in [1.807, 2.05) is 18.7 Å². The van der Waals surface area contributed by atoms with Gasteiger partial charge in [-0.25, -0.2) is 18.2 Å². The zero-order valence-electron chi connectivity index (χ0n) is 16.6. The van der Waals surface area contributed by atoms with Crippen LogP contribution in [0.25, 0.3) is 0 Å². The number of anilines is 1. The first-order valence-corrected chi connectivity index (χ1v) is 9.83. The third kappa shape index (κ3) is 5.40. The van der Waals surface area contributed by atoms with Gasteiger partial charge >= 0.3 is 0 Å². The van der Waals surface area contributed by atoms with Crippen LogP contribution >= 0.6 is 0 Å². The van der Waals surface area contributed by atoms with Crippen LogP contribution in [0.4, 0.5) is 19.0 Å². The zero-order valence-corrected chi connectivity index (χ0v) is 16.6. The molecule has 1 saturated heterocycles. The van der Waals surface area contributed by atoms with Crippen molar-refractivity contribution in [1.82, 2.24) is 15.6 Å². The fraction of sp³-hybridized carbons (Fsp3) is 0.429. The van der Waals surface area contributed by atoms with E-state index >= 15 is 0 Å². The molecule has 1 aliphatic heterocycles. The lowest BCUT2D eigenvalue weighted by molar-refractivity contribution is 0.559. The van der Waals surface area contributed by atoms with Crippen molar-refractivity contribution in [2.45, 2.75) is 32.2 Å². The van der Waals surface area contributed by atoms with Crippen molar-refractivity contribution in [2.75, 3.05) is 31.1 Å². The second-order valence-electron chi connectivity index (χ2n) is 7.17. The van der Waals surface area contributed by atoms with Gasteiger partial charge in [0.25, 0.3) is 0 Å². The van der Waals surface area contributed by atoms with Crippen LogP contribution in [0.5, 0.6) is 0 Å². The molecule has 0 amide bonds. The van der Waals surface area contributed by atoms with Crippen LogP contribution in [-0.4, -0.2) is 43.2 Å². The van der Waals surface area contributed by atoms with E-state index in [1.54, 1.807) is 12.3 Å². The predicted molar refractivity (Wildman–Crippen MR) is 109 cm³/mol. The molecule has 156 valence electrons. The average molecular weight is 405 g/mol. The van der Waals surface area contributed by atoms with Crippen molar-refractivity contribution in [3.05, 3.63) is 59.5 Å². The van der Waals surface area contributed by atoms with Gasteiger partial charge < -0.3 is 15.5 Å². The number of hydrogen-bond acceptors (Lipinski definition) is 3. The number of aromatic nitrogens is 1. The molecule has 2 atom stereocenters. The van der Waals surface area contributed by atoms with Gasteiger partial charge in [0.05, 0.1) is 0 Å². The number of aliphatic imine (C=N–C) groups is 1. The van der Waals surface area contributed by atoms with Crippen molar-refractivity contribution in [2.24, 2.45) is 4.99 Å². The maximum Gasteiger partial charge on any atom is 0.191 e. The molecule has 2 aromatic rings. The summed E-state index contributed by atoms with van der Waals surface area (Å²) < 4.78 is 41.1. The molecule has 5 nitrogen and oxygen atoms in total. The van der Waals surface area contributed by atoms with Crippen LogP contribution < -0.4 is 15.5 Å². The summed E-state index contributed by atoms with van der Waals surface area (Å²) in [4.78, 5) is 10.6. The first-order chi connectivity index (χ1) is 14.0. The van der Waals surface area contributed by atoms with Gasteiger partial charge in [0.2, 0.25) is 0 Å². The lowest BCUT2D eigenvalue weighted by atomic mass is 10.0. The van der Waals surface area contributed by atoms with Gasteiger partial charge in [-0.05, 0) is 37.1 Å². The van der Waals surface area contributed by atoms with E-state index in [4.69, 9.17) is 0 Å². The van der Waals surface area contributed by atoms with Gasteiger partial charge in [0.15, 0.2) is 17.6 Å². The highest BCUT2D eigenvalue weighted by Gasteiger charge is 2.26. The number of benzene rings is 1. The van der Waals surface area contributed by atoms with Gasteiger partial charge in [0, 0.05) is 50.4 Å². The Bertz CT molecular complexity index is 858. The van der Waals surface area contributed by atoms with Gasteiger partial charge in [0.1, 0.15) is 11.6 Å². The Morgan fingerprint density at radius 1 is 1.28 bits per heavy atom. The summed E-state index contributed by atoms with van der Waals surface area (Å²) >= 11 is 0. The van der Waals surface area contributed by atoms with E-state index in [0.29, 0.717) is 43.5 Å². The van der Waals surface area contributed by atoms with Crippen LogP contribution in [0.1, 0.15) is 31.7 Å². The van der Waals surface area contributed by atoms with Crippen LogP contribution in [0, 0.1) is 17.5 Å². The lowest BCUT2D eigenvalue weighted by Crippen LogP contribution is -2.44. The molecule has 2 heterocycles. The highest BCUT2D eigenvalue weighted by molar-refractivity contribution is 5.80. The van der Waals surface area contributed by atoms with Crippen LogP contribution in [0.15, 0.2) is 41.5 Å². The van der Waals surface area contributed by atoms with Crippen molar-refractivity contribution in [3.63, 3.8) is 0 Å². The minimum absolute atomic E-state index is 0.0899. The van der Waals surface area contributed by atoms with Gasteiger partial charge in [-0.15, -0.1) is 0 Å². The Morgan fingerprint density at radius 3 is 2.83 bits per heavy atom. The third-order valence-electron chi connectivity index (χ3n) is 4.93. The molecule has 0 saturated carbocycles. The fourth-order valence-corrected chi connectivity index (χ4v) is 3.42. The number of guanidine groups is 1. The van der Waals surface area contributed by atoms with E-state index in [0.717, 1.165) is 12.5 Å². The van der Waals surface area contributed by atoms with E-state index in [2.05, 4.69) is 20.6 Å². The van der Waals surface area contributed by atoms with E-state index < -0.39 is 11.6 Å². The number of halogens is 3. The van der Waals surface area contributed by atoms with Crippen LogP contribution in [-0.2, 0) is 0 Å².